The minimum Gasteiger partial charge on any atom is -0.228 e. The Hall–Kier alpha value is -6.68. The molecule has 0 amide bonds. The molecule has 0 fully saturated rings. The predicted octanol–water partition coefficient (Wildman–Crippen LogP) is 14.0. The molecule has 2 aromatic heterocycles. The molecule has 0 aliphatic heterocycles. The molecule has 0 unspecified atom stereocenters. The summed E-state index contributed by atoms with van der Waals surface area (Å²) < 4.78 is 2.59. The quantitative estimate of drug-likeness (QED) is 0.173. The van der Waals surface area contributed by atoms with Gasteiger partial charge in [0.15, 0.2) is 5.82 Å². The smallest absolute Gasteiger partial charge is 0.160 e. The van der Waals surface area contributed by atoms with Gasteiger partial charge in [0.2, 0.25) is 0 Å². The Bertz CT molecular complexity index is 2920. The Morgan fingerprint density at radius 1 is 0.321 bits per heavy atom. The van der Waals surface area contributed by atoms with Gasteiger partial charge in [0.25, 0.3) is 0 Å². The van der Waals surface area contributed by atoms with Gasteiger partial charge in [-0.3, -0.25) is 0 Å². The summed E-state index contributed by atoms with van der Waals surface area (Å²) in [6.07, 6.45) is 0. The van der Waals surface area contributed by atoms with Crippen molar-refractivity contribution in [2.45, 2.75) is 0 Å². The number of nitrogens with zero attached hydrogens (tertiary/aromatic N) is 2. The molecule has 0 aliphatic carbocycles. The van der Waals surface area contributed by atoms with Crippen molar-refractivity contribution in [3.63, 3.8) is 0 Å². The minimum atomic E-state index is 0.703. The molecule has 10 aromatic rings. The summed E-state index contributed by atoms with van der Waals surface area (Å²) in [4.78, 5) is 10.4. The van der Waals surface area contributed by atoms with Crippen LogP contribution in [0.25, 0.3) is 98.2 Å². The van der Waals surface area contributed by atoms with Crippen LogP contribution in [-0.4, -0.2) is 9.97 Å². The van der Waals surface area contributed by atoms with Crippen molar-refractivity contribution in [3.8, 4) is 67.3 Å². The van der Waals surface area contributed by atoms with Gasteiger partial charge in [-0.15, -0.1) is 11.3 Å². The van der Waals surface area contributed by atoms with E-state index in [0.717, 1.165) is 39.2 Å². The largest absolute Gasteiger partial charge is 0.228 e. The molecular formula is C50H32N2S. The molecule has 2 heterocycles. The van der Waals surface area contributed by atoms with Crippen LogP contribution in [0.15, 0.2) is 194 Å². The monoisotopic (exact) mass is 692 g/mol. The first-order chi connectivity index (χ1) is 26.2. The normalized spacial score (nSPS) is 11.4. The summed E-state index contributed by atoms with van der Waals surface area (Å²) in [5.41, 5.74) is 12.0. The number of rotatable bonds is 6. The first kappa shape index (κ1) is 31.1. The molecule has 0 radical (unpaired) electrons. The number of thiophene rings is 1. The van der Waals surface area contributed by atoms with Gasteiger partial charge in [0, 0.05) is 36.9 Å². The average molecular weight is 693 g/mol. The molecule has 0 saturated heterocycles. The van der Waals surface area contributed by atoms with Gasteiger partial charge in [-0.2, -0.15) is 0 Å². The Morgan fingerprint density at radius 2 is 0.849 bits per heavy atom. The van der Waals surface area contributed by atoms with Crippen molar-refractivity contribution in [1.29, 1.82) is 0 Å². The fraction of sp³-hybridized carbons (Fsp3) is 0. The van der Waals surface area contributed by atoms with Crippen molar-refractivity contribution in [1.82, 2.24) is 9.97 Å². The van der Waals surface area contributed by atoms with Gasteiger partial charge in [-0.05, 0) is 74.5 Å². The van der Waals surface area contributed by atoms with Crippen LogP contribution in [0.2, 0.25) is 0 Å². The maximum atomic E-state index is 5.29. The van der Waals surface area contributed by atoms with Crippen LogP contribution in [0.4, 0.5) is 0 Å². The third-order valence-electron chi connectivity index (χ3n) is 10.1. The lowest BCUT2D eigenvalue weighted by Crippen LogP contribution is -1.96. The summed E-state index contributed by atoms with van der Waals surface area (Å²) in [6.45, 7) is 0. The van der Waals surface area contributed by atoms with E-state index in [1.165, 1.54) is 53.2 Å². The van der Waals surface area contributed by atoms with Crippen LogP contribution in [-0.2, 0) is 0 Å². The fourth-order valence-electron chi connectivity index (χ4n) is 7.46. The third-order valence-corrected chi connectivity index (χ3v) is 11.3. The van der Waals surface area contributed by atoms with Gasteiger partial charge in [0.05, 0.1) is 11.4 Å². The first-order valence-corrected chi connectivity index (χ1v) is 18.7. The lowest BCUT2D eigenvalue weighted by atomic mass is 9.91. The van der Waals surface area contributed by atoms with Crippen LogP contribution < -0.4 is 0 Å². The summed E-state index contributed by atoms with van der Waals surface area (Å²) in [6, 6.07) is 69.2. The van der Waals surface area contributed by atoms with E-state index in [9.17, 15) is 0 Å². The van der Waals surface area contributed by atoms with E-state index in [1.807, 2.05) is 29.5 Å². The highest BCUT2D eigenvalue weighted by Gasteiger charge is 2.17. The standard InChI is InChI=1S/C50H32N2S/c1-3-13-33(14-4-1)34-25-27-36(28-26-34)46-32-47(52-50(51-46)37-16-5-2-6-17-37)40-30-38(42-21-11-18-35-15-7-8-19-41(35)42)29-39(31-40)43-22-12-23-45-44-20-9-10-24-48(44)53-49(43)45/h1-32H. The van der Waals surface area contributed by atoms with Gasteiger partial charge in [-0.25, -0.2) is 9.97 Å². The second-order valence-electron chi connectivity index (χ2n) is 13.4. The van der Waals surface area contributed by atoms with E-state index >= 15 is 0 Å². The SMILES string of the molecule is c1ccc(-c2ccc(-c3cc(-c4cc(-c5cccc6ccccc56)cc(-c5cccc6c5sc5ccccc56)c4)nc(-c4ccccc4)n3)cc2)cc1. The average Bonchev–Trinajstić information content (AvgIpc) is 3.63. The second kappa shape index (κ2) is 13.1. The number of fused-ring (bicyclic) bond motifs is 4. The van der Waals surface area contributed by atoms with Crippen molar-refractivity contribution in [2.75, 3.05) is 0 Å². The van der Waals surface area contributed by atoms with Crippen LogP contribution in [0.3, 0.4) is 0 Å². The number of aromatic nitrogens is 2. The molecular weight excluding hydrogens is 661 g/mol. The Labute approximate surface area is 312 Å². The molecule has 0 saturated carbocycles. The van der Waals surface area contributed by atoms with Gasteiger partial charge in [0.1, 0.15) is 0 Å². The molecule has 248 valence electrons. The van der Waals surface area contributed by atoms with Crippen LogP contribution in [0, 0.1) is 0 Å². The predicted molar refractivity (Wildman–Crippen MR) is 225 cm³/mol. The lowest BCUT2D eigenvalue weighted by molar-refractivity contribution is 1.18. The zero-order valence-corrected chi connectivity index (χ0v) is 29.6. The van der Waals surface area contributed by atoms with Crippen molar-refractivity contribution in [3.05, 3.63) is 194 Å². The maximum Gasteiger partial charge on any atom is 0.160 e. The highest BCUT2D eigenvalue weighted by Crippen LogP contribution is 2.43. The van der Waals surface area contributed by atoms with Crippen molar-refractivity contribution >= 4 is 42.3 Å². The van der Waals surface area contributed by atoms with E-state index in [0.29, 0.717) is 5.82 Å². The molecule has 3 heteroatoms. The van der Waals surface area contributed by atoms with Gasteiger partial charge < -0.3 is 0 Å². The fourth-order valence-corrected chi connectivity index (χ4v) is 8.70. The maximum absolute atomic E-state index is 5.29. The minimum absolute atomic E-state index is 0.703. The Balaban J connectivity index is 1.20. The Kier molecular flexibility index (Phi) is 7.71. The van der Waals surface area contributed by atoms with Gasteiger partial charge in [-0.1, -0.05) is 164 Å². The number of hydrogen-bond acceptors (Lipinski definition) is 3. The van der Waals surface area contributed by atoms with Gasteiger partial charge >= 0.3 is 0 Å². The zero-order chi connectivity index (χ0) is 35.1. The first-order valence-electron chi connectivity index (χ1n) is 17.9. The lowest BCUT2D eigenvalue weighted by Gasteiger charge is -2.15. The molecule has 0 aliphatic rings. The highest BCUT2D eigenvalue weighted by molar-refractivity contribution is 7.26. The molecule has 0 N–H and O–H groups in total. The molecule has 0 spiro atoms. The number of hydrogen-bond donors (Lipinski definition) is 0. The topological polar surface area (TPSA) is 25.8 Å². The highest BCUT2D eigenvalue weighted by atomic mass is 32.1. The van der Waals surface area contributed by atoms with Crippen molar-refractivity contribution < 1.29 is 0 Å². The molecule has 2 nitrogen and oxygen atoms in total. The summed E-state index contributed by atoms with van der Waals surface area (Å²) in [5.74, 6) is 0.703. The third kappa shape index (κ3) is 5.78. The summed E-state index contributed by atoms with van der Waals surface area (Å²) in [5, 5.41) is 5.03. The van der Waals surface area contributed by atoms with Crippen LogP contribution >= 0.6 is 11.3 Å². The molecule has 53 heavy (non-hydrogen) atoms. The van der Waals surface area contributed by atoms with E-state index in [1.54, 1.807) is 0 Å². The van der Waals surface area contributed by atoms with E-state index in [4.69, 9.17) is 9.97 Å². The molecule has 8 aromatic carbocycles. The second-order valence-corrected chi connectivity index (χ2v) is 14.4. The van der Waals surface area contributed by atoms with Crippen molar-refractivity contribution in [2.24, 2.45) is 0 Å². The van der Waals surface area contributed by atoms with Crippen LogP contribution in [0.1, 0.15) is 0 Å². The molecule has 0 bridgehead atoms. The number of benzene rings is 8. The molecule has 10 rings (SSSR count). The van der Waals surface area contributed by atoms with E-state index < -0.39 is 0 Å². The summed E-state index contributed by atoms with van der Waals surface area (Å²) >= 11 is 1.86. The Morgan fingerprint density at radius 3 is 1.64 bits per heavy atom. The zero-order valence-electron chi connectivity index (χ0n) is 28.8. The summed E-state index contributed by atoms with van der Waals surface area (Å²) in [7, 11) is 0. The van der Waals surface area contributed by atoms with E-state index in [2.05, 4.69) is 176 Å². The van der Waals surface area contributed by atoms with E-state index in [-0.39, 0.29) is 0 Å². The molecule has 0 atom stereocenters. The van der Waals surface area contributed by atoms with Crippen LogP contribution in [0.5, 0.6) is 0 Å².